The van der Waals surface area contributed by atoms with Crippen LogP contribution in [0.25, 0.3) is 10.8 Å². The van der Waals surface area contributed by atoms with E-state index < -0.39 is 6.10 Å². The van der Waals surface area contributed by atoms with Crippen LogP contribution in [0.3, 0.4) is 0 Å². The predicted molar refractivity (Wildman–Crippen MR) is 70.0 cm³/mol. The fourth-order valence-corrected chi connectivity index (χ4v) is 2.04. The molecule has 2 rings (SSSR count). The molecule has 1 unspecified atom stereocenters. The summed E-state index contributed by atoms with van der Waals surface area (Å²) in [5, 5.41) is 21.1. The quantitative estimate of drug-likeness (QED) is 0.847. The van der Waals surface area contributed by atoms with E-state index in [1.807, 2.05) is 18.2 Å². The molecule has 2 N–H and O–H groups in total. The molecule has 0 radical (unpaired) electrons. The van der Waals surface area contributed by atoms with Gasteiger partial charge in [-0.25, -0.2) is 0 Å². The van der Waals surface area contributed by atoms with E-state index in [0.29, 0.717) is 12.8 Å². The van der Waals surface area contributed by atoms with Crippen molar-refractivity contribution in [1.29, 1.82) is 0 Å². The molecular weight excluding hydrogens is 212 g/mol. The van der Waals surface area contributed by atoms with Crippen molar-refractivity contribution in [2.24, 2.45) is 0 Å². The summed E-state index contributed by atoms with van der Waals surface area (Å²) in [6.45, 7) is 2.20. The number of aliphatic hydroxyl groups excluding tert-OH is 2. The standard InChI is InChI=1S/C15H18O2/c1-11-4-5-13-10-14(7-6-12(13)9-11)15(17)3-2-8-16/h4-7,9-10,15-17H,2-3,8H2,1H3. The lowest BCUT2D eigenvalue weighted by molar-refractivity contribution is 0.152. The van der Waals surface area contributed by atoms with Gasteiger partial charge in [-0.15, -0.1) is 0 Å². The summed E-state index contributed by atoms with van der Waals surface area (Å²) in [6, 6.07) is 12.3. The van der Waals surface area contributed by atoms with Gasteiger partial charge in [0.2, 0.25) is 0 Å². The Labute approximate surface area is 102 Å². The lowest BCUT2D eigenvalue weighted by Gasteiger charge is -2.11. The number of hydrogen-bond donors (Lipinski definition) is 2. The van der Waals surface area contributed by atoms with Gasteiger partial charge in [0, 0.05) is 6.61 Å². The van der Waals surface area contributed by atoms with Crippen LogP contribution in [0.2, 0.25) is 0 Å². The number of benzene rings is 2. The highest BCUT2D eigenvalue weighted by Gasteiger charge is 2.07. The van der Waals surface area contributed by atoms with E-state index in [4.69, 9.17) is 5.11 Å². The highest BCUT2D eigenvalue weighted by atomic mass is 16.3. The van der Waals surface area contributed by atoms with Crippen LogP contribution >= 0.6 is 0 Å². The Morgan fingerprint density at radius 1 is 1.06 bits per heavy atom. The normalized spacial score (nSPS) is 12.9. The summed E-state index contributed by atoms with van der Waals surface area (Å²) < 4.78 is 0. The van der Waals surface area contributed by atoms with Crippen molar-refractivity contribution in [3.05, 3.63) is 47.5 Å². The maximum Gasteiger partial charge on any atom is 0.0791 e. The average Bonchev–Trinajstić information content (AvgIpc) is 2.35. The minimum absolute atomic E-state index is 0.129. The van der Waals surface area contributed by atoms with Gasteiger partial charge >= 0.3 is 0 Å². The first kappa shape index (κ1) is 12.1. The summed E-state index contributed by atoms with van der Waals surface area (Å²) in [4.78, 5) is 0. The fourth-order valence-electron chi connectivity index (χ4n) is 2.04. The van der Waals surface area contributed by atoms with Gasteiger partial charge in [-0.2, -0.15) is 0 Å². The average molecular weight is 230 g/mol. The smallest absolute Gasteiger partial charge is 0.0791 e. The largest absolute Gasteiger partial charge is 0.396 e. The second kappa shape index (κ2) is 5.30. The van der Waals surface area contributed by atoms with Crippen LogP contribution in [0.15, 0.2) is 36.4 Å². The van der Waals surface area contributed by atoms with Crippen LogP contribution in [0, 0.1) is 6.92 Å². The van der Waals surface area contributed by atoms with E-state index in [9.17, 15) is 5.11 Å². The summed E-state index contributed by atoms with van der Waals surface area (Å²) in [5.74, 6) is 0. The first-order valence-corrected chi connectivity index (χ1v) is 6.00. The Morgan fingerprint density at radius 2 is 1.76 bits per heavy atom. The van der Waals surface area contributed by atoms with Crippen molar-refractivity contribution in [2.75, 3.05) is 6.61 Å². The van der Waals surface area contributed by atoms with Crippen LogP contribution in [0.4, 0.5) is 0 Å². The van der Waals surface area contributed by atoms with Gasteiger partial charge in [0.05, 0.1) is 6.10 Å². The minimum Gasteiger partial charge on any atom is -0.396 e. The molecule has 2 nitrogen and oxygen atoms in total. The topological polar surface area (TPSA) is 40.5 Å². The van der Waals surface area contributed by atoms with Gasteiger partial charge in [-0.05, 0) is 42.2 Å². The molecule has 0 aliphatic heterocycles. The third-order valence-electron chi connectivity index (χ3n) is 3.04. The van der Waals surface area contributed by atoms with Gasteiger partial charge in [-0.1, -0.05) is 35.9 Å². The number of hydrogen-bond acceptors (Lipinski definition) is 2. The molecule has 1 atom stereocenters. The zero-order chi connectivity index (χ0) is 12.3. The summed E-state index contributed by atoms with van der Waals surface area (Å²) in [5.41, 5.74) is 2.17. The van der Waals surface area contributed by atoms with Gasteiger partial charge < -0.3 is 10.2 Å². The molecule has 0 heterocycles. The number of rotatable bonds is 4. The van der Waals surface area contributed by atoms with Crippen LogP contribution in [-0.2, 0) is 0 Å². The number of aliphatic hydroxyl groups is 2. The van der Waals surface area contributed by atoms with Crippen LogP contribution in [0.1, 0.15) is 30.1 Å². The third kappa shape index (κ3) is 2.84. The van der Waals surface area contributed by atoms with E-state index in [1.165, 1.54) is 10.9 Å². The van der Waals surface area contributed by atoms with Crippen molar-refractivity contribution in [1.82, 2.24) is 0 Å². The molecule has 0 saturated carbocycles. The molecule has 90 valence electrons. The SMILES string of the molecule is Cc1ccc2cc(C(O)CCCO)ccc2c1. The van der Waals surface area contributed by atoms with Crippen LogP contribution < -0.4 is 0 Å². The molecule has 0 saturated heterocycles. The van der Waals surface area contributed by atoms with Crippen LogP contribution in [-0.4, -0.2) is 16.8 Å². The molecule has 0 amide bonds. The molecule has 2 aromatic carbocycles. The molecule has 2 aromatic rings. The number of aryl methyl sites for hydroxylation is 1. The Hall–Kier alpha value is -1.38. The maximum absolute atomic E-state index is 9.95. The lowest BCUT2D eigenvalue weighted by Crippen LogP contribution is -1.98. The first-order chi connectivity index (χ1) is 8.20. The van der Waals surface area contributed by atoms with E-state index >= 15 is 0 Å². The Bertz CT molecular complexity index is 505. The monoisotopic (exact) mass is 230 g/mol. The van der Waals surface area contributed by atoms with Gasteiger partial charge in [0.25, 0.3) is 0 Å². The van der Waals surface area contributed by atoms with Crippen molar-refractivity contribution < 1.29 is 10.2 Å². The molecule has 0 aliphatic rings. The Morgan fingerprint density at radius 3 is 2.53 bits per heavy atom. The molecule has 0 aromatic heterocycles. The first-order valence-electron chi connectivity index (χ1n) is 6.00. The van der Waals surface area contributed by atoms with Crippen molar-refractivity contribution in [2.45, 2.75) is 25.9 Å². The van der Waals surface area contributed by atoms with E-state index in [-0.39, 0.29) is 6.61 Å². The second-order valence-corrected chi connectivity index (χ2v) is 4.49. The summed E-state index contributed by atoms with van der Waals surface area (Å²) in [7, 11) is 0. The molecule has 0 bridgehead atoms. The fraction of sp³-hybridized carbons (Fsp3) is 0.333. The van der Waals surface area contributed by atoms with E-state index in [1.54, 1.807) is 0 Å². The molecule has 0 fully saturated rings. The number of fused-ring (bicyclic) bond motifs is 1. The van der Waals surface area contributed by atoms with Crippen molar-refractivity contribution >= 4 is 10.8 Å². The molecule has 2 heteroatoms. The van der Waals surface area contributed by atoms with Gasteiger partial charge in [-0.3, -0.25) is 0 Å². The molecule has 0 spiro atoms. The maximum atomic E-state index is 9.95. The predicted octanol–water partition coefficient (Wildman–Crippen LogP) is 2.95. The van der Waals surface area contributed by atoms with E-state index in [2.05, 4.69) is 25.1 Å². The second-order valence-electron chi connectivity index (χ2n) is 4.49. The minimum atomic E-state index is -0.479. The van der Waals surface area contributed by atoms with Gasteiger partial charge in [0.1, 0.15) is 0 Å². The molecule has 0 aliphatic carbocycles. The van der Waals surface area contributed by atoms with E-state index in [0.717, 1.165) is 10.9 Å². The van der Waals surface area contributed by atoms with Crippen LogP contribution in [0.5, 0.6) is 0 Å². The summed E-state index contributed by atoms with van der Waals surface area (Å²) >= 11 is 0. The highest BCUT2D eigenvalue weighted by molar-refractivity contribution is 5.83. The molecular formula is C15H18O2. The third-order valence-corrected chi connectivity index (χ3v) is 3.04. The van der Waals surface area contributed by atoms with Gasteiger partial charge in [0.15, 0.2) is 0 Å². The lowest BCUT2D eigenvalue weighted by atomic mass is 10.00. The highest BCUT2D eigenvalue weighted by Crippen LogP contribution is 2.23. The Kier molecular flexibility index (Phi) is 3.77. The summed E-state index contributed by atoms with van der Waals surface area (Å²) in [6.07, 6.45) is 0.758. The zero-order valence-electron chi connectivity index (χ0n) is 10.1. The Balaban J connectivity index is 2.28. The zero-order valence-corrected chi connectivity index (χ0v) is 10.1. The molecule has 17 heavy (non-hydrogen) atoms. The van der Waals surface area contributed by atoms with Crippen molar-refractivity contribution in [3.63, 3.8) is 0 Å². The van der Waals surface area contributed by atoms with Crippen molar-refractivity contribution in [3.8, 4) is 0 Å².